The van der Waals surface area contributed by atoms with Crippen LogP contribution in [0.25, 0.3) is 11.5 Å². The Morgan fingerprint density at radius 2 is 1.94 bits per heavy atom. The molecule has 1 heterocycles. The Bertz CT molecular complexity index is 399. The van der Waals surface area contributed by atoms with Gasteiger partial charge in [0.15, 0.2) is 0 Å². The number of nitrogens with zero attached hydrogens (tertiary/aromatic N) is 1. The van der Waals surface area contributed by atoms with Crippen molar-refractivity contribution >= 4 is 11.7 Å². The van der Waals surface area contributed by atoms with Gasteiger partial charge in [-0.05, 0) is 25.0 Å². The van der Waals surface area contributed by atoms with Crippen molar-refractivity contribution in [3.05, 3.63) is 39.6 Å². The molecular weight excluding hydrogens is 455 g/mol. The van der Waals surface area contributed by atoms with Gasteiger partial charge in [-0.15, -0.1) is 0 Å². The molecule has 1 radical (unpaired) electrons. The van der Waals surface area contributed by atoms with Gasteiger partial charge in [0.25, 0.3) is 0 Å². The first kappa shape index (κ1) is 18.4. The van der Waals surface area contributed by atoms with E-state index in [1.807, 2.05) is 0 Å². The first-order chi connectivity index (χ1) is 6.43. The van der Waals surface area contributed by atoms with Crippen molar-refractivity contribution in [2.75, 3.05) is 0 Å². The number of carbonyl (C=O) groups excluding carboxylic acids is 1. The standard InChI is InChI=1S/C9H12N3O2.W.Y/c1-5-3-6(2)9(11)12(14)7(5)4-8(10)13;;/h3,11H,4H2,1-2H3,(H2,10,13);;/q-1;;/p-1. The predicted molar refractivity (Wildman–Crippen MR) is 51.9 cm³/mol. The number of aromatic nitrogens is 1. The predicted octanol–water partition coefficient (Wildman–Crippen LogP) is 1.74. The van der Waals surface area contributed by atoms with Crippen LogP contribution in [-0.4, -0.2) is 5.91 Å². The Morgan fingerprint density at radius 1 is 1.44 bits per heavy atom. The molecule has 0 saturated carbocycles. The minimum absolute atomic E-state index is 0. The second-order valence-electron chi connectivity index (χ2n) is 3.20. The summed E-state index contributed by atoms with van der Waals surface area (Å²) in [5.41, 5.74) is 15.6. The average Bonchev–Trinajstić information content (AvgIpc) is 2.09. The molecule has 5 nitrogen and oxygen atoms in total. The molecule has 0 aliphatic rings. The van der Waals surface area contributed by atoms with Gasteiger partial charge >= 0.3 is 0 Å². The van der Waals surface area contributed by atoms with E-state index in [1.165, 1.54) is 0 Å². The molecule has 85 valence electrons. The van der Waals surface area contributed by atoms with E-state index in [4.69, 9.17) is 11.5 Å². The summed E-state index contributed by atoms with van der Waals surface area (Å²) in [6, 6.07) is 1.68. The summed E-state index contributed by atoms with van der Waals surface area (Å²) in [4.78, 5) is 10.6. The molecule has 1 amide bonds. The molecule has 7 heteroatoms. The van der Waals surface area contributed by atoms with Crippen molar-refractivity contribution in [2.45, 2.75) is 20.3 Å². The van der Waals surface area contributed by atoms with Crippen molar-refractivity contribution in [1.29, 1.82) is 0 Å². The van der Waals surface area contributed by atoms with Crippen molar-refractivity contribution in [3.8, 4) is 0 Å². The summed E-state index contributed by atoms with van der Waals surface area (Å²) >= 11 is 0. The molecule has 1 aromatic rings. The first-order valence-corrected chi connectivity index (χ1v) is 4.12. The zero-order valence-electron chi connectivity index (χ0n) is 9.03. The van der Waals surface area contributed by atoms with Crippen molar-refractivity contribution in [3.63, 3.8) is 0 Å². The molecular formula is C9H11N3O2WY-2. The summed E-state index contributed by atoms with van der Waals surface area (Å²) in [6.45, 7) is 3.36. The van der Waals surface area contributed by atoms with Crippen LogP contribution in [0.3, 0.4) is 0 Å². The number of pyridine rings is 1. The monoisotopic (exact) mass is 466 g/mol. The third-order valence-corrected chi connectivity index (χ3v) is 2.04. The molecule has 2 N–H and O–H groups in total. The van der Waals surface area contributed by atoms with Gasteiger partial charge in [0.2, 0.25) is 0 Å². The number of aryl methyl sites for hydroxylation is 2. The third-order valence-electron chi connectivity index (χ3n) is 2.04. The van der Waals surface area contributed by atoms with E-state index in [0.29, 0.717) is 15.9 Å². The van der Waals surface area contributed by atoms with E-state index >= 15 is 0 Å². The topological polar surface area (TPSA) is 91.6 Å². The molecule has 0 spiro atoms. The fraction of sp³-hybridized carbons (Fsp3) is 0.333. The van der Waals surface area contributed by atoms with E-state index in [1.54, 1.807) is 19.9 Å². The Labute approximate surface area is 134 Å². The molecule has 0 bridgehead atoms. The van der Waals surface area contributed by atoms with E-state index in [2.05, 4.69) is 0 Å². The van der Waals surface area contributed by atoms with Crippen LogP contribution in [0.1, 0.15) is 16.8 Å². The summed E-state index contributed by atoms with van der Waals surface area (Å²) in [7, 11) is 0. The third kappa shape index (κ3) is 4.11. The molecule has 0 atom stereocenters. The molecule has 0 saturated heterocycles. The van der Waals surface area contributed by atoms with Gasteiger partial charge in [0, 0.05) is 65.9 Å². The quantitative estimate of drug-likeness (QED) is 0.491. The van der Waals surface area contributed by atoms with Gasteiger partial charge in [-0.25, -0.2) is 0 Å². The minimum Gasteiger partial charge on any atom is -0.804 e. The van der Waals surface area contributed by atoms with Crippen LogP contribution in [0, 0.1) is 19.1 Å². The number of amides is 1. The van der Waals surface area contributed by atoms with E-state index < -0.39 is 5.91 Å². The smallest absolute Gasteiger partial charge is 0.123 e. The second-order valence-corrected chi connectivity index (χ2v) is 3.20. The zero-order chi connectivity index (χ0) is 10.9. The Kier molecular flexibility index (Phi) is 8.45. The molecule has 0 aromatic carbocycles. The number of carbonyl (C=O) groups is 1. The summed E-state index contributed by atoms with van der Waals surface area (Å²) in [5.74, 6) is -0.979. The number of rotatable bonds is 2. The van der Waals surface area contributed by atoms with Crippen LogP contribution in [0.2, 0.25) is 0 Å². The molecule has 0 aliphatic heterocycles. The van der Waals surface area contributed by atoms with Crippen LogP contribution in [0.5, 0.6) is 0 Å². The number of nitrogens with one attached hydrogen (secondary N) is 2. The summed E-state index contributed by atoms with van der Waals surface area (Å²) < 4.78 is 0.414. The first-order valence-electron chi connectivity index (χ1n) is 4.12. The van der Waals surface area contributed by atoms with Crippen LogP contribution < -0.4 is 4.73 Å². The minimum atomic E-state index is -0.819. The van der Waals surface area contributed by atoms with Crippen molar-refractivity contribution in [2.24, 2.45) is 0 Å². The van der Waals surface area contributed by atoms with E-state index in [9.17, 15) is 10.0 Å². The number of hydrogen-bond acceptors (Lipinski definition) is 2. The van der Waals surface area contributed by atoms with Crippen LogP contribution >= 0.6 is 0 Å². The maximum atomic E-state index is 11.4. The maximum Gasteiger partial charge on any atom is 0.123 e. The summed E-state index contributed by atoms with van der Waals surface area (Å²) in [5, 5.41) is 11.4. The molecule has 0 unspecified atom stereocenters. The Morgan fingerprint density at radius 3 is 2.38 bits per heavy atom. The van der Waals surface area contributed by atoms with Gasteiger partial charge < -0.3 is 20.5 Å². The normalized spacial score (nSPS) is 8.88. The average molecular weight is 466 g/mol. The molecule has 0 aliphatic carbocycles. The van der Waals surface area contributed by atoms with Gasteiger partial charge in [-0.2, -0.15) is 0 Å². The van der Waals surface area contributed by atoms with Crippen molar-refractivity contribution < 1.29 is 63.3 Å². The van der Waals surface area contributed by atoms with Gasteiger partial charge in [0.1, 0.15) is 5.82 Å². The van der Waals surface area contributed by atoms with E-state index in [0.717, 1.165) is 0 Å². The molecule has 1 rings (SSSR count). The molecule has 1 aromatic heterocycles. The fourth-order valence-corrected chi connectivity index (χ4v) is 1.30. The van der Waals surface area contributed by atoms with Crippen molar-refractivity contribution in [1.82, 2.24) is 0 Å². The van der Waals surface area contributed by atoms with Gasteiger partial charge in [0.05, 0.1) is 5.91 Å². The Hall–Kier alpha value is 0.0122. The van der Waals surface area contributed by atoms with E-state index in [-0.39, 0.29) is 71.7 Å². The van der Waals surface area contributed by atoms with Crippen LogP contribution in [0.4, 0.5) is 5.82 Å². The molecule has 0 fully saturated rings. The zero-order valence-corrected chi connectivity index (χ0v) is 14.8. The SMILES string of the molecule is Cc1cc(C)c(CC([NH-])=O)[n+]([O-])c1[NH-].[W].[Y]. The van der Waals surface area contributed by atoms with Crippen LogP contribution in [-0.2, 0) is 65.0 Å². The maximum absolute atomic E-state index is 11.4. The second kappa shape index (κ2) is 7.36. The molecule has 16 heavy (non-hydrogen) atoms. The largest absolute Gasteiger partial charge is 0.804 e. The van der Waals surface area contributed by atoms with Gasteiger partial charge in [-0.1, -0.05) is 6.07 Å². The summed E-state index contributed by atoms with van der Waals surface area (Å²) in [6.07, 6.45) is -0.235. The number of hydrogen-bond donors (Lipinski definition) is 0. The van der Waals surface area contributed by atoms with Gasteiger partial charge in [-0.3, -0.25) is 5.73 Å². The Balaban J connectivity index is 0. The van der Waals surface area contributed by atoms with Crippen LogP contribution in [0.15, 0.2) is 6.07 Å². The fourth-order valence-electron chi connectivity index (χ4n) is 1.30.